The van der Waals surface area contributed by atoms with Crippen LogP contribution in [0.15, 0.2) is 12.1 Å². The summed E-state index contributed by atoms with van der Waals surface area (Å²) >= 11 is 5.92. The van der Waals surface area contributed by atoms with E-state index in [1.165, 1.54) is 21.3 Å². The highest BCUT2D eigenvalue weighted by Gasteiger charge is 2.42. The van der Waals surface area contributed by atoms with Gasteiger partial charge in [0, 0.05) is 30.0 Å². The van der Waals surface area contributed by atoms with Crippen molar-refractivity contribution in [3.05, 3.63) is 17.7 Å². The Kier molecular flexibility index (Phi) is 4.83. The molecule has 1 aromatic rings. The van der Waals surface area contributed by atoms with E-state index >= 15 is 0 Å². The summed E-state index contributed by atoms with van der Waals surface area (Å²) < 4.78 is 15.7. The minimum Gasteiger partial charge on any atom is -0.496 e. The van der Waals surface area contributed by atoms with E-state index in [4.69, 9.17) is 25.8 Å². The van der Waals surface area contributed by atoms with Crippen molar-refractivity contribution in [1.29, 1.82) is 0 Å². The van der Waals surface area contributed by atoms with Gasteiger partial charge < -0.3 is 19.5 Å². The Balaban J connectivity index is 2.18. The predicted molar refractivity (Wildman–Crippen MR) is 80.8 cm³/mol. The van der Waals surface area contributed by atoms with Gasteiger partial charge in [0.25, 0.3) is 5.91 Å². The number of hydrogen-bond donors (Lipinski definition) is 1. The van der Waals surface area contributed by atoms with Gasteiger partial charge in [-0.15, -0.1) is 11.6 Å². The Morgan fingerprint density at radius 1 is 1.14 bits per heavy atom. The van der Waals surface area contributed by atoms with Crippen LogP contribution in [0.5, 0.6) is 17.2 Å². The molecule has 1 saturated carbocycles. The first-order valence-corrected chi connectivity index (χ1v) is 7.27. The molecule has 1 aliphatic carbocycles. The molecule has 1 amide bonds. The summed E-state index contributed by atoms with van der Waals surface area (Å²) in [5, 5.41) is 2.92. The third kappa shape index (κ3) is 3.35. The fourth-order valence-electron chi connectivity index (χ4n) is 2.10. The molecule has 0 radical (unpaired) electrons. The maximum Gasteiger partial charge on any atom is 0.255 e. The predicted octanol–water partition coefficient (Wildman–Crippen LogP) is 2.46. The van der Waals surface area contributed by atoms with Gasteiger partial charge in [-0.25, -0.2) is 0 Å². The molecule has 0 spiro atoms. The van der Waals surface area contributed by atoms with Crippen molar-refractivity contribution in [1.82, 2.24) is 5.32 Å². The van der Waals surface area contributed by atoms with E-state index in [1.807, 2.05) is 0 Å². The van der Waals surface area contributed by atoms with Gasteiger partial charge in [-0.05, 0) is 12.8 Å². The third-order valence-electron chi connectivity index (χ3n) is 3.81. The van der Waals surface area contributed by atoms with E-state index in [0.29, 0.717) is 35.2 Å². The number of benzene rings is 1. The van der Waals surface area contributed by atoms with Crippen molar-refractivity contribution in [2.45, 2.75) is 12.8 Å². The molecule has 0 aliphatic heterocycles. The minimum absolute atomic E-state index is 0.0704. The lowest BCUT2D eigenvalue weighted by Gasteiger charge is -2.16. The Morgan fingerprint density at radius 3 is 2.19 bits per heavy atom. The molecule has 2 rings (SSSR count). The molecular weight excluding hydrogens is 294 g/mol. The van der Waals surface area contributed by atoms with E-state index in [0.717, 1.165) is 12.8 Å². The van der Waals surface area contributed by atoms with Crippen LogP contribution in [0.1, 0.15) is 23.2 Å². The van der Waals surface area contributed by atoms with E-state index < -0.39 is 0 Å². The summed E-state index contributed by atoms with van der Waals surface area (Å²) in [6, 6.07) is 3.26. The Bertz CT molecular complexity index is 529. The molecule has 0 bridgehead atoms. The van der Waals surface area contributed by atoms with E-state index in [9.17, 15) is 4.79 Å². The molecule has 0 atom stereocenters. The molecule has 1 fully saturated rings. The molecule has 1 N–H and O–H groups in total. The van der Waals surface area contributed by atoms with Crippen LogP contribution in [0, 0.1) is 5.41 Å². The fourth-order valence-corrected chi connectivity index (χ4v) is 2.47. The van der Waals surface area contributed by atoms with Crippen molar-refractivity contribution in [3.8, 4) is 17.2 Å². The maximum absolute atomic E-state index is 12.4. The first-order valence-electron chi connectivity index (χ1n) is 6.73. The van der Waals surface area contributed by atoms with Gasteiger partial charge >= 0.3 is 0 Å². The van der Waals surface area contributed by atoms with Crippen molar-refractivity contribution < 1.29 is 19.0 Å². The first-order chi connectivity index (χ1) is 10.1. The van der Waals surface area contributed by atoms with Crippen molar-refractivity contribution in [2.24, 2.45) is 5.41 Å². The summed E-state index contributed by atoms with van der Waals surface area (Å²) in [4.78, 5) is 12.4. The van der Waals surface area contributed by atoms with Gasteiger partial charge in [0.05, 0.1) is 26.9 Å². The molecule has 0 saturated heterocycles. The second-order valence-corrected chi connectivity index (χ2v) is 5.49. The highest BCUT2D eigenvalue weighted by molar-refractivity contribution is 6.18. The zero-order valence-electron chi connectivity index (χ0n) is 12.5. The molecule has 116 valence electrons. The van der Waals surface area contributed by atoms with Gasteiger partial charge in [-0.1, -0.05) is 0 Å². The lowest BCUT2D eigenvalue weighted by Crippen LogP contribution is -2.31. The normalized spacial score (nSPS) is 15.2. The SMILES string of the molecule is COc1cc(OC)c(C(=O)NCC2(CCl)CC2)cc1OC. The van der Waals surface area contributed by atoms with Crippen LogP contribution in [0.2, 0.25) is 0 Å². The number of rotatable bonds is 7. The Morgan fingerprint density at radius 2 is 1.71 bits per heavy atom. The van der Waals surface area contributed by atoms with Crippen LogP contribution < -0.4 is 19.5 Å². The number of methoxy groups -OCH3 is 3. The highest BCUT2D eigenvalue weighted by Crippen LogP contribution is 2.46. The fraction of sp³-hybridized carbons (Fsp3) is 0.533. The van der Waals surface area contributed by atoms with Crippen LogP contribution in [-0.4, -0.2) is 39.7 Å². The number of amides is 1. The Labute approximate surface area is 129 Å². The van der Waals surface area contributed by atoms with Crippen LogP contribution in [0.3, 0.4) is 0 Å². The number of ether oxygens (including phenoxy) is 3. The molecule has 5 nitrogen and oxygen atoms in total. The van der Waals surface area contributed by atoms with Gasteiger partial charge in [0.1, 0.15) is 5.75 Å². The molecule has 21 heavy (non-hydrogen) atoms. The number of nitrogens with one attached hydrogen (secondary N) is 1. The zero-order valence-corrected chi connectivity index (χ0v) is 13.3. The van der Waals surface area contributed by atoms with Crippen molar-refractivity contribution in [2.75, 3.05) is 33.8 Å². The van der Waals surface area contributed by atoms with Crippen molar-refractivity contribution in [3.63, 3.8) is 0 Å². The number of hydrogen-bond acceptors (Lipinski definition) is 4. The van der Waals surface area contributed by atoms with Crippen LogP contribution in [-0.2, 0) is 0 Å². The van der Waals surface area contributed by atoms with Gasteiger partial charge in [0.15, 0.2) is 11.5 Å². The van der Waals surface area contributed by atoms with E-state index in [1.54, 1.807) is 12.1 Å². The second-order valence-electron chi connectivity index (χ2n) is 5.22. The molecule has 0 aromatic heterocycles. The van der Waals surface area contributed by atoms with Crippen LogP contribution >= 0.6 is 11.6 Å². The standard InChI is InChI=1S/C15H20ClNO4/c1-19-11-7-13(21-3)12(20-2)6-10(11)14(18)17-9-15(8-16)4-5-15/h6-7H,4-5,8-9H2,1-3H3,(H,17,18). The quantitative estimate of drug-likeness (QED) is 0.786. The zero-order chi connectivity index (χ0) is 15.5. The second kappa shape index (κ2) is 6.43. The molecule has 1 aromatic carbocycles. The maximum atomic E-state index is 12.4. The smallest absolute Gasteiger partial charge is 0.255 e. The topological polar surface area (TPSA) is 56.8 Å². The average Bonchev–Trinajstić information content (AvgIpc) is 3.31. The summed E-state index contributed by atoms with van der Waals surface area (Å²) in [5.41, 5.74) is 0.488. The lowest BCUT2D eigenvalue weighted by atomic mass is 10.1. The Hall–Kier alpha value is -1.62. The van der Waals surface area contributed by atoms with Crippen LogP contribution in [0.25, 0.3) is 0 Å². The molecule has 0 heterocycles. The first kappa shape index (κ1) is 15.8. The summed E-state index contributed by atoms with van der Waals surface area (Å²) in [6.45, 7) is 0.576. The van der Waals surface area contributed by atoms with Gasteiger partial charge in [-0.2, -0.15) is 0 Å². The molecule has 1 aliphatic rings. The van der Waals surface area contributed by atoms with E-state index in [2.05, 4.69) is 5.32 Å². The largest absolute Gasteiger partial charge is 0.496 e. The number of halogens is 1. The summed E-state index contributed by atoms with van der Waals surface area (Å²) in [6.07, 6.45) is 2.11. The third-order valence-corrected chi connectivity index (χ3v) is 4.38. The number of carbonyl (C=O) groups is 1. The summed E-state index contributed by atoms with van der Waals surface area (Å²) in [7, 11) is 4.58. The highest BCUT2D eigenvalue weighted by atomic mass is 35.5. The van der Waals surface area contributed by atoms with Gasteiger partial charge in [0.2, 0.25) is 0 Å². The van der Waals surface area contributed by atoms with Crippen molar-refractivity contribution >= 4 is 17.5 Å². The van der Waals surface area contributed by atoms with Crippen LogP contribution in [0.4, 0.5) is 0 Å². The lowest BCUT2D eigenvalue weighted by molar-refractivity contribution is 0.0943. The van der Waals surface area contributed by atoms with E-state index in [-0.39, 0.29) is 11.3 Å². The molecule has 6 heteroatoms. The molecule has 0 unspecified atom stereocenters. The average molecular weight is 314 g/mol. The number of carbonyl (C=O) groups excluding carboxylic acids is 1. The van der Waals surface area contributed by atoms with Gasteiger partial charge in [-0.3, -0.25) is 4.79 Å². The minimum atomic E-state index is -0.204. The summed E-state index contributed by atoms with van der Waals surface area (Å²) in [5.74, 6) is 1.81. The monoisotopic (exact) mass is 313 g/mol. The molecular formula is C15H20ClNO4. The number of alkyl halides is 1.